The lowest BCUT2D eigenvalue weighted by Gasteiger charge is -2.31. The highest BCUT2D eigenvalue weighted by molar-refractivity contribution is 7.98. The summed E-state index contributed by atoms with van der Waals surface area (Å²) >= 11 is 8.15. The van der Waals surface area contributed by atoms with Gasteiger partial charge in [0.05, 0.1) is 0 Å². The molecule has 1 atom stereocenters. The van der Waals surface area contributed by atoms with Crippen LogP contribution in [0.1, 0.15) is 31.7 Å². The van der Waals surface area contributed by atoms with Crippen molar-refractivity contribution in [3.63, 3.8) is 0 Å². The summed E-state index contributed by atoms with van der Waals surface area (Å²) in [6.45, 7) is 2.24. The van der Waals surface area contributed by atoms with E-state index < -0.39 is 0 Å². The first kappa shape index (κ1) is 13.9. The predicted molar refractivity (Wildman–Crippen MR) is 76.7 cm³/mol. The minimum atomic E-state index is 0.179. The molecule has 0 saturated carbocycles. The van der Waals surface area contributed by atoms with Gasteiger partial charge in [-0.05, 0) is 36.8 Å². The van der Waals surface area contributed by atoms with E-state index in [1.165, 1.54) is 24.2 Å². The fourth-order valence-corrected chi connectivity index (χ4v) is 3.02. The van der Waals surface area contributed by atoms with Crippen LogP contribution >= 0.6 is 23.4 Å². The highest BCUT2D eigenvalue weighted by Crippen LogP contribution is 2.34. The van der Waals surface area contributed by atoms with E-state index in [1.807, 2.05) is 11.8 Å². The monoisotopic (exact) mass is 256 g/mol. The molecule has 0 radical (unpaired) electrons. The maximum atomic E-state index is 6.23. The fourth-order valence-electron chi connectivity index (χ4n) is 2.11. The number of rotatable bonds is 7. The van der Waals surface area contributed by atoms with Gasteiger partial charge in [-0.2, -0.15) is 11.8 Å². The summed E-state index contributed by atoms with van der Waals surface area (Å²) in [5.41, 5.74) is 1.58. The summed E-state index contributed by atoms with van der Waals surface area (Å²) in [6.07, 6.45) is 5.72. The normalized spacial score (nSPS) is 14.7. The molecule has 1 unspecified atom stereocenters. The van der Waals surface area contributed by atoms with Gasteiger partial charge < -0.3 is 0 Å². The molecule has 1 aromatic rings. The molecule has 90 valence electrons. The van der Waals surface area contributed by atoms with Crippen LogP contribution in [0.2, 0.25) is 0 Å². The van der Waals surface area contributed by atoms with Crippen molar-refractivity contribution in [2.75, 3.05) is 17.9 Å². The van der Waals surface area contributed by atoms with Gasteiger partial charge >= 0.3 is 0 Å². The van der Waals surface area contributed by atoms with Crippen LogP contribution < -0.4 is 0 Å². The van der Waals surface area contributed by atoms with Crippen LogP contribution in [0.4, 0.5) is 0 Å². The lowest BCUT2D eigenvalue weighted by molar-refractivity contribution is 0.421. The fraction of sp³-hybridized carbons (Fsp3) is 0.571. The number of halogens is 1. The standard InChI is InChI=1S/C14H21ClS/c1-3-14(12-15,10-7-11-16-2)13-8-5-4-6-9-13/h4-6,8-9H,3,7,10-12H2,1-2H3. The van der Waals surface area contributed by atoms with Crippen molar-refractivity contribution in [3.05, 3.63) is 35.9 Å². The minimum Gasteiger partial charge on any atom is -0.165 e. The first-order chi connectivity index (χ1) is 7.79. The molecular weight excluding hydrogens is 236 g/mol. The molecule has 0 saturated heterocycles. The van der Waals surface area contributed by atoms with Crippen molar-refractivity contribution in [1.29, 1.82) is 0 Å². The Kier molecular flexibility index (Phi) is 6.30. The number of hydrogen-bond donors (Lipinski definition) is 0. The van der Waals surface area contributed by atoms with Gasteiger partial charge in [0.2, 0.25) is 0 Å². The van der Waals surface area contributed by atoms with Crippen LogP contribution in [0.5, 0.6) is 0 Å². The van der Waals surface area contributed by atoms with E-state index in [-0.39, 0.29) is 5.41 Å². The Hall–Kier alpha value is -0.140. The van der Waals surface area contributed by atoms with Gasteiger partial charge in [0.1, 0.15) is 0 Å². The van der Waals surface area contributed by atoms with E-state index in [4.69, 9.17) is 11.6 Å². The molecule has 0 amide bonds. The van der Waals surface area contributed by atoms with E-state index in [9.17, 15) is 0 Å². The Morgan fingerprint density at radius 3 is 2.44 bits per heavy atom. The number of hydrogen-bond acceptors (Lipinski definition) is 1. The van der Waals surface area contributed by atoms with E-state index in [0.717, 1.165) is 12.3 Å². The Bertz CT molecular complexity index is 280. The van der Waals surface area contributed by atoms with Gasteiger partial charge in [-0.25, -0.2) is 0 Å². The van der Waals surface area contributed by atoms with Gasteiger partial charge in [0.25, 0.3) is 0 Å². The first-order valence-electron chi connectivity index (χ1n) is 5.89. The molecule has 0 aliphatic rings. The van der Waals surface area contributed by atoms with Crippen LogP contribution in [-0.2, 0) is 5.41 Å². The zero-order valence-electron chi connectivity index (χ0n) is 10.2. The van der Waals surface area contributed by atoms with Crippen molar-refractivity contribution in [2.45, 2.75) is 31.6 Å². The smallest absolute Gasteiger partial charge is 0.0320 e. The lowest BCUT2D eigenvalue weighted by Crippen LogP contribution is -2.27. The van der Waals surface area contributed by atoms with Crippen molar-refractivity contribution in [2.24, 2.45) is 0 Å². The first-order valence-corrected chi connectivity index (χ1v) is 7.82. The lowest BCUT2D eigenvalue weighted by atomic mass is 9.76. The molecule has 0 N–H and O–H groups in total. The molecular formula is C14H21ClS. The molecule has 0 aliphatic heterocycles. The van der Waals surface area contributed by atoms with Crippen molar-refractivity contribution in [1.82, 2.24) is 0 Å². The molecule has 0 fully saturated rings. The molecule has 0 nitrogen and oxygen atoms in total. The van der Waals surface area contributed by atoms with Gasteiger partial charge in [0.15, 0.2) is 0 Å². The molecule has 0 bridgehead atoms. The highest BCUT2D eigenvalue weighted by Gasteiger charge is 2.28. The molecule has 0 aliphatic carbocycles. The quantitative estimate of drug-likeness (QED) is 0.503. The minimum absolute atomic E-state index is 0.179. The molecule has 16 heavy (non-hydrogen) atoms. The van der Waals surface area contributed by atoms with Gasteiger partial charge in [-0.15, -0.1) is 11.6 Å². The second-order valence-electron chi connectivity index (χ2n) is 4.23. The van der Waals surface area contributed by atoms with Crippen molar-refractivity contribution >= 4 is 23.4 Å². The third-order valence-corrected chi connectivity index (χ3v) is 4.53. The zero-order chi connectivity index (χ0) is 11.9. The summed E-state index contributed by atoms with van der Waals surface area (Å²) in [5, 5.41) is 0. The summed E-state index contributed by atoms with van der Waals surface area (Å²) in [4.78, 5) is 0. The number of alkyl halides is 1. The highest BCUT2D eigenvalue weighted by atomic mass is 35.5. The van der Waals surface area contributed by atoms with Crippen LogP contribution in [0, 0.1) is 0 Å². The molecule has 1 aromatic carbocycles. The topological polar surface area (TPSA) is 0 Å². The molecule has 0 spiro atoms. The average Bonchev–Trinajstić information content (AvgIpc) is 2.36. The predicted octanol–water partition coefficient (Wildman–Crippen LogP) is 4.72. The third-order valence-electron chi connectivity index (χ3n) is 3.32. The van der Waals surface area contributed by atoms with Crippen LogP contribution in [0.15, 0.2) is 30.3 Å². The maximum absolute atomic E-state index is 6.23. The van der Waals surface area contributed by atoms with Gasteiger partial charge in [-0.1, -0.05) is 37.3 Å². The third kappa shape index (κ3) is 3.43. The summed E-state index contributed by atoms with van der Waals surface area (Å²) < 4.78 is 0. The summed E-state index contributed by atoms with van der Waals surface area (Å²) in [6, 6.07) is 10.7. The molecule has 2 heteroatoms. The number of thioether (sulfide) groups is 1. The van der Waals surface area contributed by atoms with E-state index >= 15 is 0 Å². The Morgan fingerprint density at radius 2 is 1.94 bits per heavy atom. The molecule has 0 aromatic heterocycles. The van der Waals surface area contributed by atoms with Gasteiger partial charge in [0, 0.05) is 11.3 Å². The second-order valence-corrected chi connectivity index (χ2v) is 5.48. The SMILES string of the molecule is CCC(CCl)(CCCSC)c1ccccc1. The van der Waals surface area contributed by atoms with Gasteiger partial charge in [-0.3, -0.25) is 0 Å². The Balaban J connectivity index is 2.79. The Morgan fingerprint density at radius 1 is 1.25 bits per heavy atom. The van der Waals surface area contributed by atoms with Crippen LogP contribution in [0.25, 0.3) is 0 Å². The second kappa shape index (κ2) is 7.24. The van der Waals surface area contributed by atoms with Crippen LogP contribution in [-0.4, -0.2) is 17.9 Å². The zero-order valence-corrected chi connectivity index (χ0v) is 11.8. The Labute approximate surface area is 109 Å². The maximum Gasteiger partial charge on any atom is 0.0320 e. The van der Waals surface area contributed by atoms with E-state index in [0.29, 0.717) is 0 Å². The largest absolute Gasteiger partial charge is 0.165 e. The van der Waals surface area contributed by atoms with Crippen molar-refractivity contribution in [3.8, 4) is 0 Å². The average molecular weight is 257 g/mol. The number of benzene rings is 1. The van der Waals surface area contributed by atoms with Crippen LogP contribution in [0.3, 0.4) is 0 Å². The summed E-state index contributed by atoms with van der Waals surface area (Å²) in [5.74, 6) is 1.95. The summed E-state index contributed by atoms with van der Waals surface area (Å²) in [7, 11) is 0. The van der Waals surface area contributed by atoms with Crippen molar-refractivity contribution < 1.29 is 0 Å². The van der Waals surface area contributed by atoms with E-state index in [2.05, 4.69) is 43.5 Å². The van der Waals surface area contributed by atoms with E-state index in [1.54, 1.807) is 0 Å². The molecule has 0 heterocycles. The molecule has 1 rings (SSSR count).